The number of methoxy groups -OCH3 is 1. The zero-order valence-electron chi connectivity index (χ0n) is 22.1. The summed E-state index contributed by atoms with van der Waals surface area (Å²) in [7, 11) is 1.63. The third kappa shape index (κ3) is 6.41. The van der Waals surface area contributed by atoms with Gasteiger partial charge >= 0.3 is 5.16 Å². The Morgan fingerprint density at radius 3 is 2.32 bits per heavy atom. The van der Waals surface area contributed by atoms with Crippen molar-refractivity contribution in [1.82, 2.24) is 15.6 Å². The quantitative estimate of drug-likeness (QED) is 0.129. The molecule has 196 valence electrons. The number of hydrogen-bond acceptors (Lipinski definition) is 6. The van der Waals surface area contributed by atoms with Crippen molar-refractivity contribution < 1.29 is 19.2 Å². The summed E-state index contributed by atoms with van der Waals surface area (Å²) >= 11 is 1.31. The van der Waals surface area contributed by atoms with E-state index in [-0.39, 0.29) is 22.8 Å². The van der Waals surface area contributed by atoms with E-state index in [0.717, 1.165) is 28.4 Å². The number of aromatic amines is 1. The molecule has 38 heavy (non-hydrogen) atoms. The van der Waals surface area contributed by atoms with Gasteiger partial charge in [0.1, 0.15) is 17.2 Å². The van der Waals surface area contributed by atoms with Gasteiger partial charge in [-0.3, -0.25) is 4.79 Å². The van der Waals surface area contributed by atoms with E-state index in [0.29, 0.717) is 10.9 Å². The first kappa shape index (κ1) is 26.9. The van der Waals surface area contributed by atoms with Crippen LogP contribution in [0.3, 0.4) is 0 Å². The number of thioether (sulfide) groups is 1. The lowest BCUT2D eigenvalue weighted by Gasteiger charge is -2.18. The van der Waals surface area contributed by atoms with Crippen LogP contribution in [-0.2, 0) is 10.2 Å². The van der Waals surface area contributed by atoms with Gasteiger partial charge in [0.2, 0.25) is 0 Å². The van der Waals surface area contributed by atoms with Gasteiger partial charge in [-0.25, -0.2) is 5.43 Å². The molecule has 3 aromatic carbocycles. The Kier molecular flexibility index (Phi) is 8.16. The van der Waals surface area contributed by atoms with Gasteiger partial charge in [-0.15, -0.1) is 5.10 Å². The Morgan fingerprint density at radius 2 is 1.71 bits per heavy atom. The van der Waals surface area contributed by atoms with Crippen LogP contribution in [0, 0.1) is 0 Å². The number of carbonyl (C=O) groups is 1. The highest BCUT2D eigenvalue weighted by atomic mass is 32.2. The third-order valence-electron chi connectivity index (χ3n) is 5.99. The average Bonchev–Trinajstić information content (AvgIpc) is 3.34. The topological polar surface area (TPSA) is 103 Å². The Hall–Kier alpha value is -4.11. The Morgan fingerprint density at radius 1 is 1.05 bits per heavy atom. The number of carbonyl (C=O) groups excluding carboxylic acids is 1. The smallest absolute Gasteiger partial charge is 0.342 e. The van der Waals surface area contributed by atoms with Crippen LogP contribution in [0.2, 0.25) is 0 Å². The van der Waals surface area contributed by atoms with Crippen LogP contribution in [0.25, 0.3) is 17.1 Å². The van der Waals surface area contributed by atoms with Gasteiger partial charge in [-0.2, -0.15) is 9.67 Å². The fourth-order valence-electron chi connectivity index (χ4n) is 3.76. The molecule has 8 nitrogen and oxygen atoms in total. The zero-order chi connectivity index (χ0) is 27.3. The number of hydrogen-bond donors (Lipinski definition) is 3. The standard InChI is InChI=1S/C29H31N5O3S/c1-19(20-8-14-24(35)15-9-20)30-31-26(36)18-38-28-33-32-27(21-6-10-22(11-7-21)29(2,3)4)34(28)23-12-16-25(37-5)17-13-23/h6-17H,18H2,1-5H3,(H2,30,31,35,36)/p+1. The molecule has 4 rings (SSSR count). The van der Waals surface area contributed by atoms with Crippen LogP contribution in [0.5, 0.6) is 11.5 Å². The predicted molar refractivity (Wildman–Crippen MR) is 150 cm³/mol. The van der Waals surface area contributed by atoms with E-state index in [1.165, 1.54) is 17.3 Å². The fourth-order valence-corrected chi connectivity index (χ4v) is 4.52. The molecule has 4 aromatic rings. The minimum atomic E-state index is -0.256. The van der Waals surface area contributed by atoms with Crippen molar-refractivity contribution in [1.29, 1.82) is 0 Å². The lowest BCUT2D eigenvalue weighted by molar-refractivity contribution is -0.625. The van der Waals surface area contributed by atoms with E-state index in [1.807, 2.05) is 28.8 Å². The maximum Gasteiger partial charge on any atom is 0.342 e. The number of aromatic hydroxyl groups is 1. The van der Waals surface area contributed by atoms with Gasteiger partial charge in [0.05, 0.1) is 29.2 Å². The summed E-state index contributed by atoms with van der Waals surface area (Å²) in [5.41, 5.74) is 7.20. The number of H-pyrrole nitrogens is 1. The molecule has 9 heteroatoms. The van der Waals surface area contributed by atoms with Crippen LogP contribution < -0.4 is 14.7 Å². The van der Waals surface area contributed by atoms with Gasteiger partial charge in [0.15, 0.2) is 0 Å². The van der Waals surface area contributed by atoms with E-state index >= 15 is 0 Å². The predicted octanol–water partition coefficient (Wildman–Crippen LogP) is 5.00. The molecule has 0 aliphatic rings. The van der Waals surface area contributed by atoms with E-state index in [4.69, 9.17) is 4.74 Å². The summed E-state index contributed by atoms with van der Waals surface area (Å²) in [5.74, 6) is 1.60. The number of nitrogens with one attached hydrogen (secondary N) is 2. The molecule has 0 atom stereocenters. The number of rotatable bonds is 8. The molecule has 0 saturated heterocycles. The van der Waals surface area contributed by atoms with Crippen LogP contribution in [0.1, 0.15) is 38.8 Å². The Balaban J connectivity index is 1.56. The van der Waals surface area contributed by atoms with Crippen LogP contribution >= 0.6 is 11.8 Å². The lowest BCUT2D eigenvalue weighted by atomic mass is 9.87. The lowest BCUT2D eigenvalue weighted by Crippen LogP contribution is -2.34. The van der Waals surface area contributed by atoms with Gasteiger partial charge < -0.3 is 9.84 Å². The summed E-state index contributed by atoms with van der Waals surface area (Å²) in [5, 5.41) is 22.0. The first-order valence-electron chi connectivity index (χ1n) is 12.2. The minimum Gasteiger partial charge on any atom is -0.508 e. The van der Waals surface area contributed by atoms with Crippen molar-refractivity contribution in [2.45, 2.75) is 38.3 Å². The summed E-state index contributed by atoms with van der Waals surface area (Å²) in [6.07, 6.45) is 0. The second-order valence-corrected chi connectivity index (χ2v) is 10.7. The number of aromatic nitrogens is 3. The van der Waals surface area contributed by atoms with E-state index in [9.17, 15) is 9.90 Å². The normalized spacial score (nSPS) is 11.9. The summed E-state index contributed by atoms with van der Waals surface area (Å²) in [6, 6.07) is 22.8. The number of phenolic OH excluding ortho intramolecular Hbond substituents is 1. The number of phenols is 1. The first-order chi connectivity index (χ1) is 18.2. The van der Waals surface area contributed by atoms with Crippen molar-refractivity contribution in [2.24, 2.45) is 5.10 Å². The van der Waals surface area contributed by atoms with Crippen LogP contribution in [0.15, 0.2) is 83.1 Å². The largest absolute Gasteiger partial charge is 0.508 e. The van der Waals surface area contributed by atoms with Gasteiger partial charge in [-0.1, -0.05) is 32.9 Å². The maximum atomic E-state index is 12.6. The number of nitrogens with zero attached hydrogens (tertiary/aromatic N) is 3. The SMILES string of the molecule is COc1ccc(-[n+]2c(SCC(=O)N/N=C(\C)c3ccc(O)cc3)n[nH]c2-c2ccc(C(C)(C)C)cc2)cc1. The summed E-state index contributed by atoms with van der Waals surface area (Å²) in [6.45, 7) is 8.35. The number of ether oxygens (including phenoxy) is 1. The highest BCUT2D eigenvalue weighted by Crippen LogP contribution is 2.26. The Labute approximate surface area is 226 Å². The molecule has 1 heterocycles. The van der Waals surface area contributed by atoms with E-state index in [1.54, 1.807) is 38.3 Å². The van der Waals surface area contributed by atoms with E-state index in [2.05, 4.69) is 65.8 Å². The van der Waals surface area contributed by atoms with E-state index < -0.39 is 0 Å². The highest BCUT2D eigenvalue weighted by molar-refractivity contribution is 7.99. The molecule has 0 radical (unpaired) electrons. The third-order valence-corrected chi connectivity index (χ3v) is 6.93. The molecule has 3 N–H and O–H groups in total. The van der Waals surface area contributed by atoms with Crippen molar-refractivity contribution in [2.75, 3.05) is 12.9 Å². The molecular weight excluding hydrogens is 498 g/mol. The number of benzene rings is 3. The molecule has 0 saturated carbocycles. The van der Waals surface area contributed by atoms with Crippen molar-refractivity contribution in [3.8, 4) is 28.6 Å². The zero-order valence-corrected chi connectivity index (χ0v) is 23.0. The van der Waals surface area contributed by atoms with Crippen molar-refractivity contribution in [3.63, 3.8) is 0 Å². The minimum absolute atomic E-state index is 0.0516. The second-order valence-electron chi connectivity index (χ2n) is 9.78. The monoisotopic (exact) mass is 530 g/mol. The molecule has 0 unspecified atom stereocenters. The van der Waals surface area contributed by atoms with Crippen LogP contribution in [-0.4, -0.2) is 39.8 Å². The van der Waals surface area contributed by atoms with Crippen molar-refractivity contribution in [3.05, 3.63) is 83.9 Å². The molecule has 1 amide bonds. The molecule has 0 bridgehead atoms. The average molecular weight is 531 g/mol. The molecule has 0 fully saturated rings. The number of hydrazone groups is 1. The van der Waals surface area contributed by atoms with Gasteiger partial charge in [-0.05, 0) is 95.9 Å². The van der Waals surface area contributed by atoms with Crippen LogP contribution in [0.4, 0.5) is 0 Å². The number of amides is 1. The van der Waals surface area contributed by atoms with Gasteiger partial charge in [0.25, 0.3) is 11.7 Å². The molecule has 1 aromatic heterocycles. The summed E-state index contributed by atoms with van der Waals surface area (Å²) < 4.78 is 7.32. The first-order valence-corrected chi connectivity index (χ1v) is 13.2. The molecular formula is C29H32N5O3S+. The second kappa shape index (κ2) is 11.5. The molecule has 0 spiro atoms. The summed E-state index contributed by atoms with van der Waals surface area (Å²) in [4.78, 5) is 12.6. The van der Waals surface area contributed by atoms with Crippen molar-refractivity contribution >= 4 is 23.4 Å². The maximum absolute atomic E-state index is 12.6. The molecule has 0 aliphatic carbocycles. The highest BCUT2D eigenvalue weighted by Gasteiger charge is 2.25. The van der Waals surface area contributed by atoms with Gasteiger partial charge in [0, 0.05) is 0 Å². The fraction of sp³-hybridized carbons (Fsp3) is 0.241. The Bertz CT molecular complexity index is 1420. The molecule has 0 aliphatic heterocycles.